The molecule has 130 valence electrons. The lowest BCUT2D eigenvalue weighted by Crippen LogP contribution is -2.42. The first-order valence-corrected chi connectivity index (χ1v) is 8.70. The summed E-state index contributed by atoms with van der Waals surface area (Å²) in [6.07, 6.45) is 3.22. The Morgan fingerprint density at radius 1 is 1.04 bits per heavy atom. The van der Waals surface area contributed by atoms with Crippen LogP contribution < -0.4 is 5.56 Å². The van der Waals surface area contributed by atoms with Gasteiger partial charge >= 0.3 is 0 Å². The summed E-state index contributed by atoms with van der Waals surface area (Å²) in [6, 6.07) is 7.68. The molecule has 2 heterocycles. The molecule has 2 aromatic rings. The molecule has 0 spiro atoms. The summed E-state index contributed by atoms with van der Waals surface area (Å²) in [4.78, 5) is 39.9. The molecule has 1 atom stereocenters. The largest absolute Gasteiger partial charge is 0.340 e. The molecule has 0 bridgehead atoms. The van der Waals surface area contributed by atoms with Crippen LogP contribution in [0.3, 0.4) is 0 Å². The first kappa shape index (κ1) is 17.7. The quantitative estimate of drug-likeness (QED) is 0.606. The van der Waals surface area contributed by atoms with Gasteiger partial charge in [0.1, 0.15) is 0 Å². The van der Waals surface area contributed by atoms with Gasteiger partial charge in [-0.1, -0.05) is 29.3 Å². The van der Waals surface area contributed by atoms with E-state index in [-0.39, 0.29) is 16.5 Å². The highest BCUT2D eigenvalue weighted by molar-refractivity contribution is 6.37. The van der Waals surface area contributed by atoms with Crippen molar-refractivity contribution >= 4 is 34.9 Å². The second-order valence-corrected chi connectivity index (χ2v) is 6.71. The van der Waals surface area contributed by atoms with Gasteiger partial charge in [-0.25, -0.2) is 0 Å². The zero-order valence-electron chi connectivity index (χ0n) is 13.3. The molecule has 1 aromatic carbocycles. The molecule has 1 aromatic heterocycles. The molecule has 0 N–H and O–H groups in total. The average molecular weight is 379 g/mol. The van der Waals surface area contributed by atoms with E-state index in [1.165, 1.54) is 30.5 Å². The Kier molecular flexibility index (Phi) is 5.25. The first-order chi connectivity index (χ1) is 12.0. The second-order valence-electron chi connectivity index (χ2n) is 5.87. The van der Waals surface area contributed by atoms with E-state index < -0.39 is 17.4 Å². The lowest BCUT2D eigenvalue weighted by atomic mass is 10.0. The van der Waals surface area contributed by atoms with Gasteiger partial charge in [-0.2, -0.15) is 0 Å². The van der Waals surface area contributed by atoms with Gasteiger partial charge in [0, 0.05) is 35.9 Å². The molecule has 5 nitrogen and oxygen atoms in total. The van der Waals surface area contributed by atoms with Crippen molar-refractivity contribution in [1.82, 2.24) is 9.47 Å². The fourth-order valence-corrected chi connectivity index (χ4v) is 3.46. The van der Waals surface area contributed by atoms with Crippen LogP contribution in [0.1, 0.15) is 29.2 Å². The van der Waals surface area contributed by atoms with Crippen LogP contribution in [0.4, 0.5) is 0 Å². The molecule has 0 aliphatic carbocycles. The number of Topliss-reactive ketones (excluding diaryl/α,β-unsaturated/α-hetero) is 1. The maximum Gasteiger partial charge on any atom is 0.253 e. The van der Waals surface area contributed by atoms with E-state index in [4.69, 9.17) is 23.2 Å². The van der Waals surface area contributed by atoms with Crippen molar-refractivity contribution in [2.45, 2.75) is 18.9 Å². The zero-order valence-corrected chi connectivity index (χ0v) is 14.8. The fraction of sp³-hybridized carbons (Fsp3) is 0.278. The Bertz CT molecular complexity index is 873. The summed E-state index contributed by atoms with van der Waals surface area (Å²) in [5.41, 5.74) is -0.252. The number of likely N-dealkylation sites (tertiary alicyclic amines) is 1. The van der Waals surface area contributed by atoms with Crippen molar-refractivity contribution in [3.05, 3.63) is 68.6 Å². The molecule has 1 saturated heterocycles. The lowest BCUT2D eigenvalue weighted by Gasteiger charge is -2.24. The number of aromatic nitrogens is 1. The predicted octanol–water partition coefficient (Wildman–Crippen LogP) is 3.20. The molecule has 1 aliphatic heterocycles. The van der Waals surface area contributed by atoms with E-state index in [1.54, 1.807) is 17.0 Å². The van der Waals surface area contributed by atoms with Crippen LogP contribution in [0.15, 0.2) is 47.4 Å². The van der Waals surface area contributed by atoms with Crippen molar-refractivity contribution in [1.29, 1.82) is 0 Å². The standard InChI is InChI=1S/C18H16Cl2N2O3/c19-12-6-7-13(14(20)11-12)17(24)16(18(25)21-8-3-4-9-21)22-10-2-1-5-15(22)23/h1-2,5-7,10-11,16H,3-4,8-9H2/t16-/m0/s1. The highest BCUT2D eigenvalue weighted by Gasteiger charge is 2.35. The number of amides is 1. The number of halogens is 2. The maximum absolute atomic E-state index is 13.1. The minimum Gasteiger partial charge on any atom is -0.340 e. The number of pyridine rings is 1. The summed E-state index contributed by atoms with van der Waals surface area (Å²) < 4.78 is 1.16. The van der Waals surface area contributed by atoms with Crippen molar-refractivity contribution < 1.29 is 9.59 Å². The number of benzene rings is 1. The smallest absolute Gasteiger partial charge is 0.253 e. The average Bonchev–Trinajstić information content (AvgIpc) is 3.11. The summed E-state index contributed by atoms with van der Waals surface area (Å²) in [5, 5.41) is 0.543. The van der Waals surface area contributed by atoms with Crippen LogP contribution >= 0.6 is 23.2 Å². The van der Waals surface area contributed by atoms with E-state index >= 15 is 0 Å². The summed E-state index contributed by atoms with van der Waals surface area (Å²) in [6.45, 7) is 1.16. The normalized spacial score (nSPS) is 15.2. The van der Waals surface area contributed by atoms with Gasteiger partial charge in [0.05, 0.1) is 5.02 Å². The zero-order chi connectivity index (χ0) is 18.0. The van der Waals surface area contributed by atoms with Gasteiger partial charge in [-0.05, 0) is 37.1 Å². The highest BCUT2D eigenvalue weighted by atomic mass is 35.5. The summed E-state index contributed by atoms with van der Waals surface area (Å²) in [7, 11) is 0. The molecule has 25 heavy (non-hydrogen) atoms. The van der Waals surface area contributed by atoms with Crippen LogP contribution in [0, 0.1) is 0 Å². The van der Waals surface area contributed by atoms with Gasteiger partial charge in [0.15, 0.2) is 11.8 Å². The van der Waals surface area contributed by atoms with E-state index in [0.29, 0.717) is 18.1 Å². The Balaban J connectivity index is 2.07. The minimum atomic E-state index is -1.27. The van der Waals surface area contributed by atoms with Crippen molar-refractivity contribution in [3.8, 4) is 0 Å². The topological polar surface area (TPSA) is 59.4 Å². The Hall–Kier alpha value is -2.11. The molecule has 1 aliphatic rings. The van der Waals surface area contributed by atoms with Crippen LogP contribution in [0.5, 0.6) is 0 Å². The molecule has 0 radical (unpaired) electrons. The number of rotatable bonds is 4. The third-order valence-corrected chi connectivity index (χ3v) is 4.77. The number of hydrogen-bond acceptors (Lipinski definition) is 3. The van der Waals surface area contributed by atoms with Gasteiger partial charge < -0.3 is 4.90 Å². The van der Waals surface area contributed by atoms with Gasteiger partial charge in [0.25, 0.3) is 11.5 Å². The number of carbonyl (C=O) groups is 2. The Morgan fingerprint density at radius 3 is 2.40 bits per heavy atom. The molecular weight excluding hydrogens is 363 g/mol. The molecule has 0 saturated carbocycles. The van der Waals surface area contributed by atoms with Crippen molar-refractivity contribution in [2.75, 3.05) is 13.1 Å². The molecule has 7 heteroatoms. The number of carbonyl (C=O) groups excluding carboxylic acids is 2. The number of nitrogens with zero attached hydrogens (tertiary/aromatic N) is 2. The molecular formula is C18H16Cl2N2O3. The molecule has 0 unspecified atom stereocenters. The third-order valence-electron chi connectivity index (χ3n) is 4.23. The van der Waals surface area contributed by atoms with E-state index in [1.807, 2.05) is 0 Å². The molecule has 1 fully saturated rings. The van der Waals surface area contributed by atoms with E-state index in [2.05, 4.69) is 0 Å². The van der Waals surface area contributed by atoms with E-state index in [0.717, 1.165) is 17.4 Å². The first-order valence-electron chi connectivity index (χ1n) is 7.94. The van der Waals surface area contributed by atoms with Crippen LogP contribution in [-0.2, 0) is 4.79 Å². The third kappa shape index (κ3) is 3.62. The van der Waals surface area contributed by atoms with Gasteiger partial charge in [-0.15, -0.1) is 0 Å². The predicted molar refractivity (Wildman–Crippen MR) is 96.3 cm³/mol. The minimum absolute atomic E-state index is 0.153. The van der Waals surface area contributed by atoms with Crippen LogP contribution in [0.2, 0.25) is 10.0 Å². The SMILES string of the molecule is O=C(c1ccc(Cl)cc1Cl)[C@@H](C(=O)N1CCCC1)n1ccccc1=O. The second kappa shape index (κ2) is 7.42. The van der Waals surface area contributed by atoms with Gasteiger partial charge in [-0.3, -0.25) is 19.0 Å². The molecule has 1 amide bonds. The fourth-order valence-electron chi connectivity index (χ4n) is 2.96. The summed E-state index contributed by atoms with van der Waals surface area (Å²) >= 11 is 12.0. The van der Waals surface area contributed by atoms with Crippen LogP contribution in [0.25, 0.3) is 0 Å². The van der Waals surface area contributed by atoms with Gasteiger partial charge in [0.2, 0.25) is 0 Å². The maximum atomic E-state index is 13.1. The van der Waals surface area contributed by atoms with Crippen molar-refractivity contribution in [2.24, 2.45) is 0 Å². The Labute approximate surface area is 154 Å². The number of hydrogen-bond donors (Lipinski definition) is 0. The van der Waals surface area contributed by atoms with Crippen LogP contribution in [-0.4, -0.2) is 34.2 Å². The highest BCUT2D eigenvalue weighted by Crippen LogP contribution is 2.26. The Morgan fingerprint density at radius 2 is 1.76 bits per heavy atom. The van der Waals surface area contributed by atoms with E-state index in [9.17, 15) is 14.4 Å². The monoisotopic (exact) mass is 378 g/mol. The van der Waals surface area contributed by atoms with Crippen molar-refractivity contribution in [3.63, 3.8) is 0 Å². The molecule has 3 rings (SSSR count). The number of ketones is 1. The summed E-state index contributed by atoms with van der Waals surface area (Å²) in [5.74, 6) is -0.909. The lowest BCUT2D eigenvalue weighted by molar-refractivity contribution is -0.132.